The Bertz CT molecular complexity index is 886. The molecule has 104 valence electrons. The highest BCUT2D eigenvalue weighted by Crippen LogP contribution is 2.12. The fraction of sp³-hybridized carbons (Fsp3) is 0.0625. The van der Waals surface area contributed by atoms with Crippen LogP contribution >= 0.6 is 12.2 Å². The summed E-state index contributed by atoms with van der Waals surface area (Å²) in [5.41, 5.74) is 7.44. The molecule has 4 nitrogen and oxygen atoms in total. The first-order valence-corrected chi connectivity index (χ1v) is 6.90. The normalized spacial score (nSPS) is 10.7. The summed E-state index contributed by atoms with van der Waals surface area (Å²) in [6, 6.07) is 15.2. The van der Waals surface area contributed by atoms with Crippen LogP contribution in [0, 0.1) is 0 Å². The van der Waals surface area contributed by atoms with Crippen LogP contribution in [0.15, 0.2) is 59.5 Å². The molecule has 0 radical (unpaired) electrons. The molecular weight excluding hydrogens is 282 g/mol. The van der Waals surface area contributed by atoms with Crippen LogP contribution in [0.25, 0.3) is 10.9 Å². The molecule has 2 heterocycles. The SMILES string of the molecule is NC(=S)c1cccn(Cc2ccc3ccccc3n2)c1=O. The topological polar surface area (TPSA) is 60.9 Å². The van der Waals surface area contributed by atoms with Crippen molar-refractivity contribution in [3.8, 4) is 0 Å². The summed E-state index contributed by atoms with van der Waals surface area (Å²) in [5.74, 6) is 0. The van der Waals surface area contributed by atoms with Crippen molar-refractivity contribution in [3.05, 3.63) is 76.3 Å². The second-order valence-corrected chi connectivity index (χ2v) is 5.15. The van der Waals surface area contributed by atoms with Crippen molar-refractivity contribution in [1.29, 1.82) is 0 Å². The Labute approximate surface area is 126 Å². The number of fused-ring (bicyclic) bond motifs is 1. The van der Waals surface area contributed by atoms with Crippen LogP contribution in [0.4, 0.5) is 0 Å². The number of pyridine rings is 2. The van der Waals surface area contributed by atoms with Crippen LogP contribution < -0.4 is 11.3 Å². The van der Waals surface area contributed by atoms with E-state index in [1.54, 1.807) is 22.9 Å². The summed E-state index contributed by atoms with van der Waals surface area (Å²) < 4.78 is 1.56. The fourth-order valence-electron chi connectivity index (χ4n) is 2.22. The van der Waals surface area contributed by atoms with E-state index in [2.05, 4.69) is 4.98 Å². The van der Waals surface area contributed by atoms with Crippen molar-refractivity contribution in [1.82, 2.24) is 9.55 Å². The molecule has 2 aromatic heterocycles. The zero-order valence-corrected chi connectivity index (χ0v) is 12.0. The van der Waals surface area contributed by atoms with Gasteiger partial charge < -0.3 is 10.3 Å². The Balaban J connectivity index is 2.01. The van der Waals surface area contributed by atoms with E-state index in [4.69, 9.17) is 18.0 Å². The molecule has 0 aliphatic heterocycles. The first kappa shape index (κ1) is 13.5. The lowest BCUT2D eigenvalue weighted by molar-refractivity contribution is 0.741. The third-order valence-corrected chi connectivity index (χ3v) is 3.49. The second-order valence-electron chi connectivity index (χ2n) is 4.71. The van der Waals surface area contributed by atoms with E-state index in [9.17, 15) is 4.79 Å². The summed E-state index contributed by atoms with van der Waals surface area (Å²) in [6.07, 6.45) is 1.71. The number of hydrogen-bond acceptors (Lipinski definition) is 3. The van der Waals surface area contributed by atoms with Crippen molar-refractivity contribution in [2.45, 2.75) is 6.54 Å². The molecule has 0 spiro atoms. The van der Waals surface area contributed by atoms with Crippen molar-refractivity contribution in [2.24, 2.45) is 5.73 Å². The van der Waals surface area contributed by atoms with Gasteiger partial charge in [0.05, 0.1) is 23.3 Å². The van der Waals surface area contributed by atoms with Gasteiger partial charge in [0.15, 0.2) is 0 Å². The maximum absolute atomic E-state index is 12.2. The second kappa shape index (κ2) is 5.46. The largest absolute Gasteiger partial charge is 0.389 e. The van der Waals surface area contributed by atoms with Gasteiger partial charge in [-0.05, 0) is 24.3 Å². The minimum Gasteiger partial charge on any atom is -0.389 e. The first-order valence-electron chi connectivity index (χ1n) is 6.49. The molecule has 21 heavy (non-hydrogen) atoms. The number of nitrogens with two attached hydrogens (primary N) is 1. The highest BCUT2D eigenvalue weighted by atomic mass is 32.1. The predicted molar refractivity (Wildman–Crippen MR) is 87.4 cm³/mol. The van der Waals surface area contributed by atoms with Crippen molar-refractivity contribution < 1.29 is 0 Å². The van der Waals surface area contributed by atoms with Crippen molar-refractivity contribution in [3.63, 3.8) is 0 Å². The van der Waals surface area contributed by atoms with Gasteiger partial charge in [0, 0.05) is 11.6 Å². The van der Waals surface area contributed by atoms with Crippen LogP contribution in [-0.2, 0) is 6.54 Å². The lowest BCUT2D eigenvalue weighted by Crippen LogP contribution is -2.28. The molecule has 2 N–H and O–H groups in total. The van der Waals surface area contributed by atoms with Crippen molar-refractivity contribution in [2.75, 3.05) is 0 Å². The number of nitrogens with zero attached hydrogens (tertiary/aromatic N) is 2. The smallest absolute Gasteiger partial charge is 0.261 e. The summed E-state index contributed by atoms with van der Waals surface area (Å²) in [6.45, 7) is 0.389. The summed E-state index contributed by atoms with van der Waals surface area (Å²) in [4.78, 5) is 16.9. The molecule has 0 unspecified atom stereocenters. The molecule has 0 aliphatic rings. The Morgan fingerprint density at radius 2 is 1.95 bits per heavy atom. The van der Waals surface area contributed by atoms with Gasteiger partial charge in [-0.3, -0.25) is 9.78 Å². The number of hydrogen-bond donors (Lipinski definition) is 1. The molecule has 0 saturated heterocycles. The number of para-hydroxylation sites is 1. The number of rotatable bonds is 3. The van der Waals surface area contributed by atoms with Gasteiger partial charge in [-0.15, -0.1) is 0 Å². The molecule has 0 saturated carbocycles. The maximum atomic E-state index is 12.2. The molecule has 0 aliphatic carbocycles. The van der Waals surface area contributed by atoms with E-state index in [0.29, 0.717) is 12.1 Å². The number of benzene rings is 1. The Morgan fingerprint density at radius 1 is 1.14 bits per heavy atom. The van der Waals surface area contributed by atoms with E-state index in [1.165, 1.54) is 0 Å². The molecule has 1 aromatic carbocycles. The van der Waals surface area contributed by atoms with E-state index in [-0.39, 0.29) is 10.5 Å². The standard InChI is InChI=1S/C16H13N3OS/c17-15(21)13-5-3-9-19(16(13)20)10-12-8-7-11-4-1-2-6-14(11)18-12/h1-9H,10H2,(H2,17,21). The zero-order valence-electron chi connectivity index (χ0n) is 11.2. The van der Waals surface area contributed by atoms with Crippen molar-refractivity contribution >= 4 is 28.1 Å². The van der Waals surface area contributed by atoms with Crippen LogP contribution in [0.1, 0.15) is 11.3 Å². The Morgan fingerprint density at radius 3 is 2.76 bits per heavy atom. The molecule has 0 bridgehead atoms. The van der Waals surface area contributed by atoms with Gasteiger partial charge in [0.2, 0.25) is 0 Å². The van der Waals surface area contributed by atoms with Crippen LogP contribution in [0.3, 0.4) is 0 Å². The molecule has 5 heteroatoms. The average molecular weight is 295 g/mol. The third kappa shape index (κ3) is 2.68. The number of thiocarbonyl (C=S) groups is 1. The predicted octanol–water partition coefficient (Wildman–Crippen LogP) is 2.08. The van der Waals surface area contributed by atoms with Gasteiger partial charge in [0.25, 0.3) is 5.56 Å². The Hall–Kier alpha value is -2.53. The lowest BCUT2D eigenvalue weighted by atomic mass is 10.2. The minimum atomic E-state index is -0.194. The zero-order chi connectivity index (χ0) is 14.8. The summed E-state index contributed by atoms with van der Waals surface area (Å²) in [5, 5.41) is 1.07. The first-order chi connectivity index (χ1) is 10.1. The molecule has 3 aromatic rings. The van der Waals surface area contributed by atoms with Gasteiger partial charge >= 0.3 is 0 Å². The maximum Gasteiger partial charge on any atom is 0.261 e. The van der Waals surface area contributed by atoms with E-state index in [0.717, 1.165) is 16.6 Å². The molecule has 0 fully saturated rings. The molecule has 3 rings (SSSR count). The average Bonchev–Trinajstić information content (AvgIpc) is 2.49. The summed E-state index contributed by atoms with van der Waals surface area (Å²) >= 11 is 4.89. The van der Waals surface area contributed by atoms with Gasteiger partial charge in [0.1, 0.15) is 4.99 Å². The molecular formula is C16H13N3OS. The fourth-order valence-corrected chi connectivity index (χ4v) is 2.38. The number of aromatic nitrogens is 2. The van der Waals surface area contributed by atoms with Gasteiger partial charge in [-0.25, -0.2) is 0 Å². The van der Waals surface area contributed by atoms with Crippen LogP contribution in [0.2, 0.25) is 0 Å². The third-order valence-electron chi connectivity index (χ3n) is 3.27. The highest BCUT2D eigenvalue weighted by Gasteiger charge is 2.06. The molecule has 0 amide bonds. The van der Waals surface area contributed by atoms with Crippen LogP contribution in [0.5, 0.6) is 0 Å². The molecule has 0 atom stereocenters. The lowest BCUT2D eigenvalue weighted by Gasteiger charge is -2.08. The Kier molecular flexibility index (Phi) is 3.50. The quantitative estimate of drug-likeness (QED) is 0.752. The van der Waals surface area contributed by atoms with Gasteiger partial charge in [-0.1, -0.05) is 36.5 Å². The van der Waals surface area contributed by atoms with E-state index >= 15 is 0 Å². The summed E-state index contributed by atoms with van der Waals surface area (Å²) in [7, 11) is 0. The van der Waals surface area contributed by atoms with E-state index < -0.39 is 0 Å². The minimum absolute atomic E-state index is 0.112. The van der Waals surface area contributed by atoms with Crippen LogP contribution in [-0.4, -0.2) is 14.5 Å². The monoisotopic (exact) mass is 295 g/mol. The van der Waals surface area contributed by atoms with E-state index in [1.807, 2.05) is 36.4 Å². The van der Waals surface area contributed by atoms with Gasteiger partial charge in [-0.2, -0.15) is 0 Å². The highest BCUT2D eigenvalue weighted by molar-refractivity contribution is 7.80.